The Labute approximate surface area is 191 Å². The fourth-order valence-corrected chi connectivity index (χ4v) is 4.31. The van der Waals surface area contributed by atoms with E-state index in [2.05, 4.69) is 43.1 Å². The van der Waals surface area contributed by atoms with Crippen molar-refractivity contribution in [2.24, 2.45) is 5.92 Å². The number of nitrogens with zero attached hydrogens (tertiary/aromatic N) is 4. The molecule has 0 aliphatic carbocycles. The van der Waals surface area contributed by atoms with Gasteiger partial charge in [-0.3, -0.25) is 9.59 Å². The van der Waals surface area contributed by atoms with Crippen molar-refractivity contribution < 1.29 is 9.59 Å². The highest BCUT2D eigenvalue weighted by molar-refractivity contribution is 9.10. The highest BCUT2D eigenvalue weighted by Gasteiger charge is 2.28. The third-order valence-electron chi connectivity index (χ3n) is 6.09. The van der Waals surface area contributed by atoms with E-state index in [9.17, 15) is 9.59 Å². The van der Waals surface area contributed by atoms with E-state index in [0.29, 0.717) is 31.5 Å². The van der Waals surface area contributed by atoms with Crippen molar-refractivity contribution in [3.05, 3.63) is 52.6 Å². The van der Waals surface area contributed by atoms with Crippen LogP contribution in [0, 0.1) is 5.92 Å². The number of anilines is 2. The zero-order valence-electron chi connectivity index (χ0n) is 17.8. The second kappa shape index (κ2) is 9.78. The highest BCUT2D eigenvalue weighted by Crippen LogP contribution is 2.22. The molecule has 0 unspecified atom stereocenters. The molecule has 1 aromatic heterocycles. The molecular weight excluding hydrogens is 458 g/mol. The average molecular weight is 486 g/mol. The standard InChI is InChI=1S/C23H28BrN5O2/c1-27-12-14-28(15-13-27)21-7-6-20(16-25-21)26-22(30)17-8-10-29(11-9-17)23(31)18-2-4-19(24)5-3-18/h2-7,16-17H,8-15H2,1H3,(H,26,30). The maximum absolute atomic E-state index is 12.7. The third-order valence-corrected chi connectivity index (χ3v) is 6.62. The lowest BCUT2D eigenvalue weighted by Crippen LogP contribution is -2.44. The first-order valence-electron chi connectivity index (χ1n) is 10.7. The lowest BCUT2D eigenvalue weighted by molar-refractivity contribution is -0.121. The van der Waals surface area contributed by atoms with Gasteiger partial charge in [-0.2, -0.15) is 0 Å². The molecule has 0 saturated carbocycles. The van der Waals surface area contributed by atoms with Gasteiger partial charge in [0.1, 0.15) is 5.82 Å². The summed E-state index contributed by atoms with van der Waals surface area (Å²) in [5.41, 5.74) is 1.40. The molecule has 2 aromatic rings. The van der Waals surface area contributed by atoms with Crippen LogP contribution in [-0.4, -0.2) is 72.9 Å². The first-order chi connectivity index (χ1) is 15.0. The molecule has 0 spiro atoms. The van der Waals surface area contributed by atoms with Crippen molar-refractivity contribution in [1.29, 1.82) is 0 Å². The Hall–Kier alpha value is -2.45. The quantitative estimate of drug-likeness (QED) is 0.720. The van der Waals surface area contributed by atoms with E-state index in [4.69, 9.17) is 0 Å². The van der Waals surface area contributed by atoms with Crippen LogP contribution < -0.4 is 10.2 Å². The smallest absolute Gasteiger partial charge is 0.253 e. The number of nitrogens with one attached hydrogen (secondary N) is 1. The number of piperazine rings is 1. The van der Waals surface area contributed by atoms with Crippen LogP contribution in [0.25, 0.3) is 0 Å². The molecule has 164 valence electrons. The number of amides is 2. The van der Waals surface area contributed by atoms with Crippen molar-refractivity contribution in [2.75, 3.05) is 56.5 Å². The molecule has 0 atom stereocenters. The molecule has 0 bridgehead atoms. The number of hydrogen-bond donors (Lipinski definition) is 1. The van der Waals surface area contributed by atoms with Gasteiger partial charge in [-0.05, 0) is 56.3 Å². The van der Waals surface area contributed by atoms with Gasteiger partial charge in [0.15, 0.2) is 0 Å². The average Bonchev–Trinajstić information content (AvgIpc) is 2.80. The van der Waals surface area contributed by atoms with Crippen LogP contribution in [0.3, 0.4) is 0 Å². The fourth-order valence-electron chi connectivity index (χ4n) is 4.05. The van der Waals surface area contributed by atoms with Gasteiger partial charge in [-0.1, -0.05) is 15.9 Å². The van der Waals surface area contributed by atoms with Gasteiger partial charge < -0.3 is 20.0 Å². The van der Waals surface area contributed by atoms with Crippen LogP contribution in [0.15, 0.2) is 47.1 Å². The molecule has 3 heterocycles. The molecule has 2 amide bonds. The molecule has 7 nitrogen and oxygen atoms in total. The number of halogens is 1. The summed E-state index contributed by atoms with van der Waals surface area (Å²) in [6.45, 7) is 5.17. The molecule has 1 N–H and O–H groups in total. The number of likely N-dealkylation sites (N-methyl/N-ethyl adjacent to an activating group) is 1. The van der Waals surface area contributed by atoms with Gasteiger partial charge in [0, 0.05) is 55.2 Å². The van der Waals surface area contributed by atoms with Gasteiger partial charge in [0.2, 0.25) is 5.91 Å². The highest BCUT2D eigenvalue weighted by atomic mass is 79.9. The summed E-state index contributed by atoms with van der Waals surface area (Å²) in [6, 6.07) is 11.3. The zero-order chi connectivity index (χ0) is 21.8. The van der Waals surface area contributed by atoms with Crippen molar-refractivity contribution >= 4 is 39.2 Å². The van der Waals surface area contributed by atoms with Crippen LogP contribution in [0.1, 0.15) is 23.2 Å². The van der Waals surface area contributed by atoms with Crippen molar-refractivity contribution in [1.82, 2.24) is 14.8 Å². The van der Waals surface area contributed by atoms with Gasteiger partial charge in [0.25, 0.3) is 5.91 Å². The number of carbonyl (C=O) groups is 2. The number of carbonyl (C=O) groups excluding carboxylic acids is 2. The van der Waals surface area contributed by atoms with E-state index in [-0.39, 0.29) is 17.7 Å². The SMILES string of the molecule is CN1CCN(c2ccc(NC(=O)C3CCN(C(=O)c4ccc(Br)cc4)CC3)cn2)CC1. The Morgan fingerprint density at radius 3 is 2.26 bits per heavy atom. The van der Waals surface area contributed by atoms with Crippen LogP contribution >= 0.6 is 15.9 Å². The van der Waals surface area contributed by atoms with Gasteiger partial charge in [-0.25, -0.2) is 4.98 Å². The third kappa shape index (κ3) is 5.43. The molecule has 0 radical (unpaired) electrons. The van der Waals surface area contributed by atoms with Gasteiger partial charge >= 0.3 is 0 Å². The van der Waals surface area contributed by atoms with E-state index in [1.54, 1.807) is 6.20 Å². The summed E-state index contributed by atoms with van der Waals surface area (Å²) in [7, 11) is 2.13. The van der Waals surface area contributed by atoms with E-state index < -0.39 is 0 Å². The van der Waals surface area contributed by atoms with E-state index in [0.717, 1.165) is 42.2 Å². The van der Waals surface area contributed by atoms with Crippen LogP contribution in [0.2, 0.25) is 0 Å². The Balaban J connectivity index is 1.27. The van der Waals surface area contributed by atoms with Crippen LogP contribution in [-0.2, 0) is 4.79 Å². The van der Waals surface area contributed by atoms with Gasteiger partial charge in [0.05, 0.1) is 11.9 Å². The zero-order valence-corrected chi connectivity index (χ0v) is 19.3. The second-order valence-electron chi connectivity index (χ2n) is 8.26. The first-order valence-corrected chi connectivity index (χ1v) is 11.5. The number of likely N-dealkylation sites (tertiary alicyclic amines) is 1. The Morgan fingerprint density at radius 2 is 1.65 bits per heavy atom. The molecule has 2 aliphatic heterocycles. The fraction of sp³-hybridized carbons (Fsp3) is 0.435. The van der Waals surface area contributed by atoms with E-state index in [1.807, 2.05) is 41.3 Å². The molecule has 1 aromatic carbocycles. The minimum atomic E-state index is -0.0914. The summed E-state index contributed by atoms with van der Waals surface area (Å²) >= 11 is 3.39. The Bertz CT molecular complexity index is 903. The number of pyridine rings is 1. The summed E-state index contributed by atoms with van der Waals surface area (Å²) < 4.78 is 0.950. The molecule has 31 heavy (non-hydrogen) atoms. The van der Waals surface area contributed by atoms with Crippen molar-refractivity contribution in [3.8, 4) is 0 Å². The molecule has 2 fully saturated rings. The Morgan fingerprint density at radius 1 is 0.968 bits per heavy atom. The lowest BCUT2D eigenvalue weighted by Gasteiger charge is -2.33. The van der Waals surface area contributed by atoms with E-state index in [1.165, 1.54) is 0 Å². The number of rotatable bonds is 4. The number of hydrogen-bond acceptors (Lipinski definition) is 5. The summed E-state index contributed by atoms with van der Waals surface area (Å²) in [6.07, 6.45) is 3.07. The van der Waals surface area contributed by atoms with Crippen molar-refractivity contribution in [3.63, 3.8) is 0 Å². The number of piperidine rings is 1. The molecular formula is C23H28BrN5O2. The largest absolute Gasteiger partial charge is 0.354 e. The minimum absolute atomic E-state index is 0.00453. The normalized spacial score (nSPS) is 18.1. The summed E-state index contributed by atoms with van der Waals surface area (Å²) in [5.74, 6) is 0.886. The topological polar surface area (TPSA) is 68.8 Å². The maximum Gasteiger partial charge on any atom is 0.253 e. The Kier molecular flexibility index (Phi) is 6.87. The van der Waals surface area contributed by atoms with Crippen LogP contribution in [0.4, 0.5) is 11.5 Å². The molecule has 4 rings (SSSR count). The summed E-state index contributed by atoms with van der Waals surface area (Å²) in [5, 5.41) is 2.99. The first kappa shape index (κ1) is 21.8. The predicted molar refractivity (Wildman–Crippen MR) is 125 cm³/mol. The maximum atomic E-state index is 12.7. The number of benzene rings is 1. The summed E-state index contributed by atoms with van der Waals surface area (Å²) in [4.78, 5) is 36.3. The van der Waals surface area contributed by atoms with E-state index >= 15 is 0 Å². The lowest BCUT2D eigenvalue weighted by atomic mass is 9.95. The molecule has 8 heteroatoms. The number of aromatic nitrogens is 1. The minimum Gasteiger partial charge on any atom is -0.354 e. The van der Waals surface area contributed by atoms with Crippen LogP contribution in [0.5, 0.6) is 0 Å². The second-order valence-corrected chi connectivity index (χ2v) is 9.17. The predicted octanol–water partition coefficient (Wildman–Crippen LogP) is 3.09. The van der Waals surface area contributed by atoms with Crippen molar-refractivity contribution in [2.45, 2.75) is 12.8 Å². The van der Waals surface area contributed by atoms with Gasteiger partial charge in [-0.15, -0.1) is 0 Å². The molecule has 2 saturated heterocycles. The monoisotopic (exact) mass is 485 g/mol. The molecule has 2 aliphatic rings.